The lowest BCUT2D eigenvalue weighted by atomic mass is 9.81. The number of carboxylic acid groups (broad SMARTS) is 1. The zero-order valence-electron chi connectivity index (χ0n) is 12.0. The summed E-state index contributed by atoms with van der Waals surface area (Å²) >= 11 is 0.784. The highest BCUT2D eigenvalue weighted by molar-refractivity contribution is 7.91. The largest absolute Gasteiger partial charge is 0.477 e. The summed E-state index contributed by atoms with van der Waals surface area (Å²) in [6.07, 6.45) is 5.69. The second kappa shape index (κ2) is 6.89. The highest BCUT2D eigenvalue weighted by atomic mass is 32.2. The maximum atomic E-state index is 12.1. The number of hydrogen-bond acceptors (Lipinski definition) is 4. The van der Waals surface area contributed by atoms with Gasteiger partial charge in [-0.3, -0.25) is 0 Å². The van der Waals surface area contributed by atoms with E-state index in [1.807, 2.05) is 0 Å². The van der Waals surface area contributed by atoms with Gasteiger partial charge in [-0.05, 0) is 36.8 Å². The molecule has 21 heavy (non-hydrogen) atoms. The van der Waals surface area contributed by atoms with Crippen molar-refractivity contribution in [3.63, 3.8) is 0 Å². The summed E-state index contributed by atoms with van der Waals surface area (Å²) in [5.74, 6) is 0.225. The van der Waals surface area contributed by atoms with Crippen LogP contribution in [-0.4, -0.2) is 26.0 Å². The molecule has 5 nitrogen and oxygen atoms in total. The average Bonchev–Trinajstić information content (AvgIpc) is 2.89. The summed E-state index contributed by atoms with van der Waals surface area (Å²) in [6, 6.07) is 2.67. The van der Waals surface area contributed by atoms with Gasteiger partial charge in [0, 0.05) is 6.54 Å². The number of carbonyl (C=O) groups is 1. The van der Waals surface area contributed by atoms with Crippen molar-refractivity contribution in [3.8, 4) is 0 Å². The number of aromatic carboxylic acids is 1. The average molecular weight is 331 g/mol. The molecule has 0 saturated heterocycles. The molecule has 0 amide bonds. The number of hydrogen-bond donors (Lipinski definition) is 2. The molecule has 1 saturated carbocycles. The van der Waals surface area contributed by atoms with E-state index < -0.39 is 16.0 Å². The molecule has 1 heterocycles. The van der Waals surface area contributed by atoms with Crippen LogP contribution in [0.5, 0.6) is 0 Å². The van der Waals surface area contributed by atoms with Crippen molar-refractivity contribution < 1.29 is 18.3 Å². The minimum Gasteiger partial charge on any atom is -0.477 e. The first-order valence-electron chi connectivity index (χ1n) is 7.21. The summed E-state index contributed by atoms with van der Waals surface area (Å²) in [5.41, 5.74) is 0. The molecule has 0 radical (unpaired) electrons. The molecule has 1 aromatic heterocycles. The first-order chi connectivity index (χ1) is 9.88. The standard InChI is InChI=1S/C14H21NO4S2/c1-10-3-2-4-11(9-10)7-8-15-21(18,19)13-6-5-12(20-13)14(16)17/h5-6,10-11,15H,2-4,7-9H2,1H3,(H,16,17). The van der Waals surface area contributed by atoms with Crippen LogP contribution < -0.4 is 4.72 Å². The van der Waals surface area contributed by atoms with Gasteiger partial charge in [0.25, 0.3) is 0 Å². The van der Waals surface area contributed by atoms with Gasteiger partial charge in [-0.25, -0.2) is 17.9 Å². The van der Waals surface area contributed by atoms with Crippen molar-refractivity contribution in [1.29, 1.82) is 0 Å². The molecule has 118 valence electrons. The summed E-state index contributed by atoms with van der Waals surface area (Å²) in [4.78, 5) is 10.8. The van der Waals surface area contributed by atoms with Crippen LogP contribution >= 0.6 is 11.3 Å². The van der Waals surface area contributed by atoms with Gasteiger partial charge in [-0.15, -0.1) is 11.3 Å². The monoisotopic (exact) mass is 331 g/mol. The summed E-state index contributed by atoms with van der Waals surface area (Å²) < 4.78 is 26.8. The van der Waals surface area contributed by atoms with E-state index >= 15 is 0 Å². The van der Waals surface area contributed by atoms with Gasteiger partial charge in [0.1, 0.15) is 9.09 Å². The third kappa shape index (κ3) is 4.52. The predicted molar refractivity (Wildman–Crippen MR) is 82.2 cm³/mol. The van der Waals surface area contributed by atoms with Crippen molar-refractivity contribution >= 4 is 27.3 Å². The van der Waals surface area contributed by atoms with E-state index in [-0.39, 0.29) is 9.09 Å². The molecule has 0 bridgehead atoms. The Bertz CT molecular complexity index is 594. The Morgan fingerprint density at radius 1 is 1.43 bits per heavy atom. The minimum absolute atomic E-state index is 0.0384. The van der Waals surface area contributed by atoms with Gasteiger partial charge < -0.3 is 5.11 Å². The van der Waals surface area contributed by atoms with E-state index in [4.69, 9.17) is 5.11 Å². The number of carboxylic acids is 1. The van der Waals surface area contributed by atoms with E-state index in [0.717, 1.165) is 23.7 Å². The lowest BCUT2D eigenvalue weighted by Crippen LogP contribution is -2.26. The third-order valence-electron chi connectivity index (χ3n) is 3.95. The maximum Gasteiger partial charge on any atom is 0.345 e. The Morgan fingerprint density at radius 2 is 2.19 bits per heavy atom. The van der Waals surface area contributed by atoms with Crippen LogP contribution in [0.15, 0.2) is 16.3 Å². The lowest BCUT2D eigenvalue weighted by molar-refractivity contribution is 0.0702. The van der Waals surface area contributed by atoms with Gasteiger partial charge >= 0.3 is 5.97 Å². The summed E-state index contributed by atoms with van der Waals surface area (Å²) in [7, 11) is -3.58. The molecule has 0 aliphatic heterocycles. The van der Waals surface area contributed by atoms with E-state index in [0.29, 0.717) is 12.5 Å². The molecular weight excluding hydrogens is 310 g/mol. The Hall–Kier alpha value is -0.920. The highest BCUT2D eigenvalue weighted by Crippen LogP contribution is 2.30. The maximum absolute atomic E-state index is 12.1. The van der Waals surface area contributed by atoms with Crippen LogP contribution in [0.4, 0.5) is 0 Å². The fourth-order valence-electron chi connectivity index (χ4n) is 2.87. The van der Waals surface area contributed by atoms with Crippen LogP contribution in [0.3, 0.4) is 0 Å². The van der Waals surface area contributed by atoms with Gasteiger partial charge in [0.2, 0.25) is 10.0 Å². The minimum atomic E-state index is -3.58. The van der Waals surface area contributed by atoms with Crippen LogP contribution in [0.1, 0.15) is 48.7 Å². The van der Waals surface area contributed by atoms with Gasteiger partial charge in [0.15, 0.2) is 0 Å². The first-order valence-corrected chi connectivity index (χ1v) is 9.51. The SMILES string of the molecule is CC1CCCC(CCNS(=O)(=O)c2ccc(C(=O)O)s2)C1. The van der Waals surface area contributed by atoms with Gasteiger partial charge in [-0.2, -0.15) is 0 Å². The van der Waals surface area contributed by atoms with Crippen LogP contribution in [0, 0.1) is 11.8 Å². The topological polar surface area (TPSA) is 83.5 Å². The van der Waals surface area contributed by atoms with Crippen molar-refractivity contribution in [2.24, 2.45) is 11.8 Å². The molecule has 2 rings (SSSR count). The highest BCUT2D eigenvalue weighted by Gasteiger charge is 2.21. The molecule has 1 aliphatic carbocycles. The predicted octanol–water partition coefficient (Wildman–Crippen LogP) is 2.94. The van der Waals surface area contributed by atoms with Crippen molar-refractivity contribution in [3.05, 3.63) is 17.0 Å². The van der Waals surface area contributed by atoms with Gasteiger partial charge in [-0.1, -0.05) is 26.2 Å². The second-order valence-corrected chi connectivity index (χ2v) is 8.83. The quantitative estimate of drug-likeness (QED) is 0.839. The molecule has 1 aliphatic rings. The van der Waals surface area contributed by atoms with Crippen molar-refractivity contribution in [2.45, 2.75) is 43.2 Å². The van der Waals surface area contributed by atoms with Crippen LogP contribution in [-0.2, 0) is 10.0 Å². The first kappa shape index (κ1) is 16.5. The lowest BCUT2D eigenvalue weighted by Gasteiger charge is -2.26. The molecule has 0 aromatic carbocycles. The Balaban J connectivity index is 1.87. The zero-order valence-corrected chi connectivity index (χ0v) is 13.7. The van der Waals surface area contributed by atoms with E-state index in [1.165, 1.54) is 37.8 Å². The molecule has 2 atom stereocenters. The van der Waals surface area contributed by atoms with E-state index in [9.17, 15) is 13.2 Å². The molecular formula is C14H21NO4S2. The Kier molecular flexibility index (Phi) is 5.40. The second-order valence-electron chi connectivity index (χ2n) is 5.75. The molecule has 1 fully saturated rings. The molecule has 2 unspecified atom stereocenters. The van der Waals surface area contributed by atoms with Crippen molar-refractivity contribution in [1.82, 2.24) is 4.72 Å². The normalized spacial score (nSPS) is 23.1. The number of nitrogens with one attached hydrogen (secondary N) is 1. The fraction of sp³-hybridized carbons (Fsp3) is 0.643. The molecule has 7 heteroatoms. The number of thiophene rings is 1. The number of sulfonamides is 1. The van der Waals surface area contributed by atoms with E-state index in [1.54, 1.807) is 0 Å². The molecule has 0 spiro atoms. The van der Waals surface area contributed by atoms with Crippen molar-refractivity contribution in [2.75, 3.05) is 6.54 Å². The smallest absolute Gasteiger partial charge is 0.345 e. The third-order valence-corrected chi connectivity index (χ3v) is 6.97. The van der Waals surface area contributed by atoms with Gasteiger partial charge in [0.05, 0.1) is 0 Å². The van der Waals surface area contributed by atoms with E-state index in [2.05, 4.69) is 11.6 Å². The zero-order chi connectivity index (χ0) is 15.5. The van der Waals surface area contributed by atoms with Crippen LogP contribution in [0.25, 0.3) is 0 Å². The molecule has 2 N–H and O–H groups in total. The summed E-state index contributed by atoms with van der Waals surface area (Å²) in [5, 5.41) is 8.83. The Morgan fingerprint density at radius 3 is 2.81 bits per heavy atom. The van der Waals surface area contributed by atoms with Crippen LogP contribution in [0.2, 0.25) is 0 Å². The molecule has 1 aromatic rings. The number of rotatable bonds is 6. The fourth-order valence-corrected chi connectivity index (χ4v) is 5.11. The Labute approximate surface area is 129 Å². The summed E-state index contributed by atoms with van der Waals surface area (Å²) in [6.45, 7) is 2.66.